The van der Waals surface area contributed by atoms with Crippen molar-refractivity contribution in [2.24, 2.45) is 0 Å². The topological polar surface area (TPSA) is 36.7 Å². The smallest absolute Gasteiger partial charge is 0.0900 e. The van der Waals surface area contributed by atoms with Gasteiger partial charge in [0.05, 0.1) is 22.7 Å². The molecule has 1 aromatic rings. The predicted octanol–water partition coefficient (Wildman–Crippen LogP) is 2.40. The molecule has 2 rings (SSSR count). The standard InChI is InChI=1S/C9H10N2S/c1-6-11-8-4-2-3-7(5-10)9(8)12-6/h7H,2-4H2,1H3. The van der Waals surface area contributed by atoms with E-state index in [0.717, 1.165) is 24.3 Å². The van der Waals surface area contributed by atoms with Crippen LogP contribution in [0, 0.1) is 18.3 Å². The van der Waals surface area contributed by atoms with Gasteiger partial charge in [0.25, 0.3) is 0 Å². The Morgan fingerprint density at radius 1 is 1.67 bits per heavy atom. The lowest BCUT2D eigenvalue weighted by molar-refractivity contribution is 0.636. The van der Waals surface area contributed by atoms with E-state index >= 15 is 0 Å². The fourth-order valence-corrected chi connectivity index (χ4v) is 2.72. The fourth-order valence-electron chi connectivity index (χ4n) is 1.67. The summed E-state index contributed by atoms with van der Waals surface area (Å²) in [5.41, 5.74) is 1.18. The number of nitrogens with zero attached hydrogens (tertiary/aromatic N) is 2. The first kappa shape index (κ1) is 7.75. The van der Waals surface area contributed by atoms with Crippen molar-refractivity contribution in [1.29, 1.82) is 5.26 Å². The molecule has 12 heavy (non-hydrogen) atoms. The van der Waals surface area contributed by atoms with Gasteiger partial charge in [-0.25, -0.2) is 4.98 Å². The molecule has 1 heterocycles. The Hall–Kier alpha value is -0.880. The highest BCUT2D eigenvalue weighted by atomic mass is 32.1. The molecule has 0 amide bonds. The molecule has 1 aromatic heterocycles. The third-order valence-electron chi connectivity index (χ3n) is 2.21. The van der Waals surface area contributed by atoms with Crippen LogP contribution in [0.25, 0.3) is 0 Å². The van der Waals surface area contributed by atoms with Gasteiger partial charge in [-0.05, 0) is 26.2 Å². The quantitative estimate of drug-likeness (QED) is 0.611. The number of nitriles is 1. The lowest BCUT2D eigenvalue weighted by Crippen LogP contribution is -2.05. The Labute approximate surface area is 75.9 Å². The van der Waals surface area contributed by atoms with E-state index in [0.29, 0.717) is 0 Å². The second-order valence-electron chi connectivity index (χ2n) is 3.12. The lowest BCUT2D eigenvalue weighted by Gasteiger charge is -2.13. The van der Waals surface area contributed by atoms with Gasteiger partial charge >= 0.3 is 0 Å². The maximum atomic E-state index is 8.88. The molecule has 0 aromatic carbocycles. The third-order valence-corrected chi connectivity index (χ3v) is 3.34. The number of thiazole rings is 1. The van der Waals surface area contributed by atoms with Crippen molar-refractivity contribution in [2.75, 3.05) is 0 Å². The van der Waals surface area contributed by atoms with E-state index in [9.17, 15) is 0 Å². The lowest BCUT2D eigenvalue weighted by atomic mass is 9.93. The van der Waals surface area contributed by atoms with E-state index in [4.69, 9.17) is 5.26 Å². The molecular weight excluding hydrogens is 168 g/mol. The van der Waals surface area contributed by atoms with Crippen LogP contribution in [-0.2, 0) is 6.42 Å². The molecule has 0 fully saturated rings. The Bertz CT molecular complexity index is 335. The monoisotopic (exact) mass is 178 g/mol. The van der Waals surface area contributed by atoms with E-state index < -0.39 is 0 Å². The number of fused-ring (bicyclic) bond motifs is 1. The van der Waals surface area contributed by atoms with Gasteiger partial charge in [-0.15, -0.1) is 11.3 Å². The molecule has 0 bridgehead atoms. The first-order chi connectivity index (χ1) is 5.81. The van der Waals surface area contributed by atoms with Crippen molar-refractivity contribution < 1.29 is 0 Å². The van der Waals surface area contributed by atoms with Gasteiger partial charge in [0.2, 0.25) is 0 Å². The maximum absolute atomic E-state index is 8.88. The van der Waals surface area contributed by atoms with Gasteiger partial charge in [0, 0.05) is 4.88 Å². The Morgan fingerprint density at radius 2 is 2.50 bits per heavy atom. The van der Waals surface area contributed by atoms with Crippen LogP contribution in [-0.4, -0.2) is 4.98 Å². The van der Waals surface area contributed by atoms with Gasteiger partial charge in [-0.1, -0.05) is 0 Å². The van der Waals surface area contributed by atoms with Crippen LogP contribution in [0.3, 0.4) is 0 Å². The van der Waals surface area contributed by atoms with Crippen molar-refractivity contribution in [2.45, 2.75) is 32.1 Å². The first-order valence-corrected chi connectivity index (χ1v) is 4.98. The number of hydrogen-bond donors (Lipinski definition) is 0. The molecule has 0 spiro atoms. The van der Waals surface area contributed by atoms with Crippen LogP contribution >= 0.6 is 11.3 Å². The maximum Gasteiger partial charge on any atom is 0.0900 e. The molecule has 2 nitrogen and oxygen atoms in total. The minimum absolute atomic E-state index is 0.125. The third kappa shape index (κ3) is 1.12. The summed E-state index contributed by atoms with van der Waals surface area (Å²) < 4.78 is 0. The molecule has 0 radical (unpaired) electrons. The second kappa shape index (κ2) is 2.87. The highest BCUT2D eigenvalue weighted by molar-refractivity contribution is 7.11. The Morgan fingerprint density at radius 3 is 3.25 bits per heavy atom. The van der Waals surface area contributed by atoms with Crippen LogP contribution in [0.1, 0.15) is 34.3 Å². The van der Waals surface area contributed by atoms with Gasteiger partial charge in [0.1, 0.15) is 0 Å². The van der Waals surface area contributed by atoms with Gasteiger partial charge in [-0.2, -0.15) is 5.26 Å². The zero-order valence-corrected chi connectivity index (χ0v) is 7.82. The van der Waals surface area contributed by atoms with Crippen molar-refractivity contribution in [3.63, 3.8) is 0 Å². The van der Waals surface area contributed by atoms with Gasteiger partial charge in [0.15, 0.2) is 0 Å². The largest absolute Gasteiger partial charge is 0.246 e. The van der Waals surface area contributed by atoms with E-state index in [1.54, 1.807) is 11.3 Å². The summed E-state index contributed by atoms with van der Waals surface area (Å²) in [5, 5.41) is 9.98. The van der Waals surface area contributed by atoms with Gasteiger partial charge in [-0.3, -0.25) is 0 Å². The highest BCUT2D eigenvalue weighted by Gasteiger charge is 2.23. The summed E-state index contributed by atoms with van der Waals surface area (Å²) in [6, 6.07) is 2.34. The molecule has 0 saturated heterocycles. The first-order valence-electron chi connectivity index (χ1n) is 4.17. The van der Waals surface area contributed by atoms with E-state index in [-0.39, 0.29) is 5.92 Å². The van der Waals surface area contributed by atoms with Crippen LogP contribution in [0.5, 0.6) is 0 Å². The SMILES string of the molecule is Cc1nc2c(s1)C(C#N)CCC2. The number of hydrogen-bond acceptors (Lipinski definition) is 3. The van der Waals surface area contributed by atoms with Crippen molar-refractivity contribution in [1.82, 2.24) is 4.98 Å². The average Bonchev–Trinajstić information content (AvgIpc) is 2.44. The number of rotatable bonds is 0. The number of aryl methyl sites for hydroxylation is 2. The Kier molecular flexibility index (Phi) is 1.86. The predicted molar refractivity (Wildman–Crippen MR) is 48.1 cm³/mol. The zero-order valence-electron chi connectivity index (χ0n) is 7.00. The molecule has 0 saturated carbocycles. The number of aromatic nitrogens is 1. The highest BCUT2D eigenvalue weighted by Crippen LogP contribution is 2.34. The van der Waals surface area contributed by atoms with Crippen molar-refractivity contribution in [3.8, 4) is 6.07 Å². The molecule has 1 unspecified atom stereocenters. The van der Waals surface area contributed by atoms with Gasteiger partial charge < -0.3 is 0 Å². The molecule has 1 aliphatic carbocycles. The molecule has 62 valence electrons. The Balaban J connectivity index is 2.45. The minimum Gasteiger partial charge on any atom is -0.246 e. The molecule has 1 aliphatic rings. The average molecular weight is 178 g/mol. The molecule has 3 heteroatoms. The van der Waals surface area contributed by atoms with Crippen LogP contribution in [0.15, 0.2) is 0 Å². The fraction of sp³-hybridized carbons (Fsp3) is 0.556. The minimum atomic E-state index is 0.125. The van der Waals surface area contributed by atoms with Crippen molar-refractivity contribution >= 4 is 11.3 Å². The molecule has 1 atom stereocenters. The summed E-state index contributed by atoms with van der Waals surface area (Å²) in [5.74, 6) is 0.125. The zero-order chi connectivity index (χ0) is 8.55. The molecular formula is C9H10N2S. The van der Waals surface area contributed by atoms with E-state index in [1.165, 1.54) is 10.6 Å². The summed E-state index contributed by atoms with van der Waals surface area (Å²) >= 11 is 1.69. The molecule has 0 aliphatic heterocycles. The van der Waals surface area contributed by atoms with Crippen molar-refractivity contribution in [3.05, 3.63) is 15.6 Å². The summed E-state index contributed by atoms with van der Waals surface area (Å²) in [6.07, 6.45) is 3.21. The summed E-state index contributed by atoms with van der Waals surface area (Å²) in [4.78, 5) is 5.64. The second-order valence-corrected chi connectivity index (χ2v) is 4.35. The van der Waals surface area contributed by atoms with Crippen LogP contribution in [0.4, 0.5) is 0 Å². The molecule has 0 N–H and O–H groups in total. The van der Waals surface area contributed by atoms with E-state index in [1.807, 2.05) is 6.92 Å². The normalized spacial score (nSPS) is 21.5. The van der Waals surface area contributed by atoms with E-state index in [2.05, 4.69) is 11.1 Å². The summed E-state index contributed by atoms with van der Waals surface area (Å²) in [7, 11) is 0. The summed E-state index contributed by atoms with van der Waals surface area (Å²) in [6.45, 7) is 2.01. The van der Waals surface area contributed by atoms with Crippen LogP contribution < -0.4 is 0 Å². The van der Waals surface area contributed by atoms with Crippen LogP contribution in [0.2, 0.25) is 0 Å².